The number of carbonyl (C=O) groups is 1. The van der Waals surface area contributed by atoms with Crippen LogP contribution in [0.15, 0.2) is 98.9 Å². The fourth-order valence-electron chi connectivity index (χ4n) is 3.55. The number of rotatable bonds is 6. The lowest BCUT2D eigenvalue weighted by Crippen LogP contribution is -2.16. The standard InChI is InChI=1S/C27H18BrClN2O3/c28-23-12-17(15-30-31-27(32)26-14-21-13-22(29)8-10-24(21)34-26)6-9-25(23)33-16-18-5-7-19-3-1-2-4-20(19)11-18/h1-15H,16H2,(H,31,32)/b30-15+. The second kappa shape index (κ2) is 9.71. The van der Waals surface area contributed by atoms with Crippen LogP contribution >= 0.6 is 27.5 Å². The SMILES string of the molecule is O=C(N/N=C/c1ccc(OCc2ccc3ccccc3c2)c(Br)c1)c1cc2cc(Cl)ccc2o1. The van der Waals surface area contributed by atoms with Crippen LogP contribution in [0.2, 0.25) is 5.02 Å². The number of carbonyl (C=O) groups excluding carboxylic acids is 1. The molecular formula is C27H18BrClN2O3. The Morgan fingerprint density at radius 1 is 0.971 bits per heavy atom. The molecule has 0 aliphatic rings. The Hall–Kier alpha value is -3.61. The predicted molar refractivity (Wildman–Crippen MR) is 139 cm³/mol. The molecule has 4 aromatic carbocycles. The van der Waals surface area contributed by atoms with Crippen LogP contribution in [0, 0.1) is 0 Å². The molecule has 1 aromatic heterocycles. The van der Waals surface area contributed by atoms with Crippen molar-refractivity contribution in [3.05, 3.63) is 111 Å². The van der Waals surface area contributed by atoms with E-state index in [1.807, 2.05) is 30.3 Å². The van der Waals surface area contributed by atoms with E-state index in [1.165, 1.54) is 10.8 Å². The van der Waals surface area contributed by atoms with E-state index in [4.69, 9.17) is 20.8 Å². The number of fused-ring (bicyclic) bond motifs is 2. The first kappa shape index (κ1) is 22.2. The van der Waals surface area contributed by atoms with Gasteiger partial charge in [0, 0.05) is 10.4 Å². The van der Waals surface area contributed by atoms with E-state index in [0.29, 0.717) is 17.2 Å². The quantitative estimate of drug-likeness (QED) is 0.183. The zero-order valence-corrected chi connectivity index (χ0v) is 20.1. The van der Waals surface area contributed by atoms with Gasteiger partial charge in [0.1, 0.15) is 17.9 Å². The Morgan fingerprint density at radius 3 is 2.68 bits per heavy atom. The van der Waals surface area contributed by atoms with Gasteiger partial charge < -0.3 is 9.15 Å². The molecule has 0 fully saturated rings. The van der Waals surface area contributed by atoms with E-state index in [0.717, 1.165) is 26.7 Å². The fourth-order valence-corrected chi connectivity index (χ4v) is 4.24. The van der Waals surface area contributed by atoms with Gasteiger partial charge in [-0.25, -0.2) is 5.43 Å². The summed E-state index contributed by atoms with van der Waals surface area (Å²) >= 11 is 9.52. The molecule has 0 aliphatic heterocycles. The number of hydrazone groups is 1. The van der Waals surface area contributed by atoms with E-state index < -0.39 is 5.91 Å². The summed E-state index contributed by atoms with van der Waals surface area (Å²) in [7, 11) is 0. The minimum atomic E-state index is -0.446. The molecule has 0 radical (unpaired) electrons. The minimum absolute atomic E-state index is 0.160. The van der Waals surface area contributed by atoms with Gasteiger partial charge in [0.15, 0.2) is 5.76 Å². The first-order valence-electron chi connectivity index (χ1n) is 10.5. The van der Waals surface area contributed by atoms with Crippen molar-refractivity contribution in [2.75, 3.05) is 0 Å². The summed E-state index contributed by atoms with van der Waals surface area (Å²) in [6, 6.07) is 26.9. The van der Waals surface area contributed by atoms with Gasteiger partial charge in [-0.05, 0) is 86.4 Å². The molecule has 168 valence electrons. The average Bonchev–Trinajstić information content (AvgIpc) is 3.27. The number of ether oxygens (including phenoxy) is 1. The molecule has 0 atom stereocenters. The maximum absolute atomic E-state index is 12.3. The van der Waals surface area contributed by atoms with Crippen molar-refractivity contribution in [2.24, 2.45) is 5.10 Å². The number of furan rings is 1. The third-order valence-electron chi connectivity index (χ3n) is 5.25. The van der Waals surface area contributed by atoms with Crippen molar-refractivity contribution in [1.82, 2.24) is 5.43 Å². The molecule has 1 heterocycles. The Bertz CT molecular complexity index is 1540. The van der Waals surface area contributed by atoms with Gasteiger partial charge in [-0.15, -0.1) is 0 Å². The van der Waals surface area contributed by atoms with E-state index in [-0.39, 0.29) is 5.76 Å². The first-order valence-corrected chi connectivity index (χ1v) is 11.6. The molecule has 1 N–H and O–H groups in total. The second-order valence-electron chi connectivity index (χ2n) is 7.65. The van der Waals surface area contributed by atoms with E-state index in [9.17, 15) is 4.79 Å². The minimum Gasteiger partial charge on any atom is -0.488 e. The lowest BCUT2D eigenvalue weighted by atomic mass is 10.1. The molecule has 0 saturated heterocycles. The summed E-state index contributed by atoms with van der Waals surface area (Å²) in [4.78, 5) is 12.3. The van der Waals surface area contributed by atoms with Crippen LogP contribution in [-0.4, -0.2) is 12.1 Å². The highest BCUT2D eigenvalue weighted by Crippen LogP contribution is 2.27. The summed E-state index contributed by atoms with van der Waals surface area (Å²) in [6.45, 7) is 0.454. The molecule has 5 nitrogen and oxygen atoms in total. The normalized spacial score (nSPS) is 11.4. The monoisotopic (exact) mass is 532 g/mol. The summed E-state index contributed by atoms with van der Waals surface area (Å²) in [6.07, 6.45) is 1.55. The van der Waals surface area contributed by atoms with Gasteiger partial charge in [-0.3, -0.25) is 4.79 Å². The van der Waals surface area contributed by atoms with Crippen molar-refractivity contribution in [2.45, 2.75) is 6.61 Å². The van der Waals surface area contributed by atoms with Crippen LogP contribution in [0.25, 0.3) is 21.7 Å². The molecule has 7 heteroatoms. The number of nitrogens with one attached hydrogen (secondary N) is 1. The Balaban J connectivity index is 1.20. The number of nitrogens with zero attached hydrogens (tertiary/aromatic N) is 1. The molecule has 34 heavy (non-hydrogen) atoms. The molecule has 0 spiro atoms. The molecule has 0 bridgehead atoms. The highest BCUT2D eigenvalue weighted by Gasteiger charge is 2.12. The Labute approximate surface area is 209 Å². The molecule has 0 saturated carbocycles. The molecular weight excluding hydrogens is 516 g/mol. The number of halogens is 2. The highest BCUT2D eigenvalue weighted by atomic mass is 79.9. The van der Waals surface area contributed by atoms with Crippen LogP contribution in [0.3, 0.4) is 0 Å². The lowest BCUT2D eigenvalue weighted by Gasteiger charge is -2.09. The highest BCUT2D eigenvalue weighted by molar-refractivity contribution is 9.10. The largest absolute Gasteiger partial charge is 0.488 e. The van der Waals surface area contributed by atoms with E-state index in [2.05, 4.69) is 56.8 Å². The predicted octanol–water partition coefficient (Wildman–Crippen LogP) is 7.34. The van der Waals surface area contributed by atoms with E-state index in [1.54, 1.807) is 30.5 Å². The third-order valence-corrected chi connectivity index (χ3v) is 6.10. The van der Waals surface area contributed by atoms with Gasteiger partial charge in [0.05, 0.1) is 10.7 Å². The van der Waals surface area contributed by atoms with Gasteiger partial charge in [-0.2, -0.15) is 5.10 Å². The summed E-state index contributed by atoms with van der Waals surface area (Å²) < 4.78 is 12.3. The van der Waals surface area contributed by atoms with Gasteiger partial charge in [0.25, 0.3) is 0 Å². The lowest BCUT2D eigenvalue weighted by molar-refractivity contribution is 0.0929. The third kappa shape index (κ3) is 4.98. The van der Waals surface area contributed by atoms with Crippen LogP contribution in [-0.2, 0) is 6.61 Å². The van der Waals surface area contributed by atoms with Crippen LogP contribution in [0.1, 0.15) is 21.7 Å². The number of hydrogen-bond donors (Lipinski definition) is 1. The van der Waals surface area contributed by atoms with Crippen molar-refractivity contribution in [3.8, 4) is 5.75 Å². The number of hydrogen-bond acceptors (Lipinski definition) is 4. The molecule has 1 amide bonds. The Kier molecular flexibility index (Phi) is 6.34. The summed E-state index contributed by atoms with van der Waals surface area (Å²) in [5, 5.41) is 7.74. The van der Waals surface area contributed by atoms with Gasteiger partial charge >= 0.3 is 5.91 Å². The zero-order valence-electron chi connectivity index (χ0n) is 17.8. The number of benzene rings is 4. The van der Waals surface area contributed by atoms with Crippen LogP contribution < -0.4 is 10.2 Å². The first-order chi connectivity index (χ1) is 16.5. The van der Waals surface area contributed by atoms with Gasteiger partial charge in [0.2, 0.25) is 0 Å². The van der Waals surface area contributed by atoms with Crippen molar-refractivity contribution in [3.63, 3.8) is 0 Å². The van der Waals surface area contributed by atoms with Crippen molar-refractivity contribution >= 4 is 61.4 Å². The molecule has 0 unspecified atom stereocenters. The summed E-state index contributed by atoms with van der Waals surface area (Å²) in [5.74, 6) is 0.432. The topological polar surface area (TPSA) is 63.8 Å². The Morgan fingerprint density at radius 2 is 1.82 bits per heavy atom. The zero-order chi connectivity index (χ0) is 23.5. The van der Waals surface area contributed by atoms with Crippen molar-refractivity contribution in [1.29, 1.82) is 0 Å². The number of amides is 1. The smallest absolute Gasteiger partial charge is 0.307 e. The average molecular weight is 534 g/mol. The maximum atomic E-state index is 12.3. The summed E-state index contributed by atoms with van der Waals surface area (Å²) in [5.41, 5.74) is 4.94. The van der Waals surface area contributed by atoms with E-state index >= 15 is 0 Å². The second-order valence-corrected chi connectivity index (χ2v) is 8.94. The molecule has 0 aliphatic carbocycles. The van der Waals surface area contributed by atoms with Crippen LogP contribution in [0.4, 0.5) is 0 Å². The van der Waals surface area contributed by atoms with Gasteiger partial charge in [-0.1, -0.05) is 48.0 Å². The molecule has 5 aromatic rings. The maximum Gasteiger partial charge on any atom is 0.307 e. The fraction of sp³-hybridized carbons (Fsp3) is 0.0370. The molecule has 5 rings (SSSR count). The van der Waals surface area contributed by atoms with Crippen LogP contribution in [0.5, 0.6) is 5.75 Å². The van der Waals surface area contributed by atoms with Crippen molar-refractivity contribution < 1.29 is 13.9 Å².